The minimum Gasteiger partial charge on any atom is -0.488 e. The van der Waals surface area contributed by atoms with E-state index in [1.807, 2.05) is 30.3 Å². The van der Waals surface area contributed by atoms with Crippen molar-refractivity contribution in [3.63, 3.8) is 0 Å². The molecule has 0 aromatic heterocycles. The maximum Gasteiger partial charge on any atom is 0.339 e. The minimum atomic E-state index is -1.25. The van der Waals surface area contributed by atoms with E-state index in [1.165, 1.54) is 13.0 Å². The largest absolute Gasteiger partial charge is 0.488 e. The maximum atomic E-state index is 11.4. The first-order valence-corrected chi connectivity index (χ1v) is 6.79. The molecule has 0 spiro atoms. The van der Waals surface area contributed by atoms with E-state index in [2.05, 4.69) is 0 Å². The van der Waals surface area contributed by atoms with Gasteiger partial charge < -0.3 is 9.84 Å². The van der Waals surface area contributed by atoms with Crippen LogP contribution in [0.1, 0.15) is 18.1 Å². The van der Waals surface area contributed by atoms with Crippen LogP contribution in [-0.2, 0) is 16.2 Å². The number of carbonyl (C=O) groups is 2. The summed E-state index contributed by atoms with van der Waals surface area (Å²) < 4.78 is 5.73. The van der Waals surface area contributed by atoms with Crippen LogP contribution < -0.4 is 4.74 Å². The second-order valence-corrected chi connectivity index (χ2v) is 4.73. The van der Waals surface area contributed by atoms with Crippen LogP contribution in [0.3, 0.4) is 0 Å². The lowest BCUT2D eigenvalue weighted by atomic mass is 10.1. The van der Waals surface area contributed by atoms with Gasteiger partial charge in [-0.05, 0) is 24.6 Å². The fourth-order valence-corrected chi connectivity index (χ4v) is 1.94. The van der Waals surface area contributed by atoms with Crippen LogP contribution >= 0.6 is 0 Å². The van der Waals surface area contributed by atoms with Gasteiger partial charge in [0.25, 0.3) is 0 Å². The standard InChI is InChI=1S/C18H16O4/c1-13(19)16(18(20)21)11-15-9-5-6-10-17(15)22-12-14-7-3-2-4-8-14/h2-11H,12H2,1H3,(H,20,21)/b16-11-. The SMILES string of the molecule is CC(=O)/C(=C/c1ccccc1OCc1ccccc1)C(=O)O. The van der Waals surface area contributed by atoms with Gasteiger partial charge >= 0.3 is 5.97 Å². The van der Waals surface area contributed by atoms with Gasteiger partial charge in [-0.15, -0.1) is 0 Å². The smallest absolute Gasteiger partial charge is 0.339 e. The molecule has 0 amide bonds. The van der Waals surface area contributed by atoms with Crippen molar-refractivity contribution in [3.8, 4) is 5.75 Å². The van der Waals surface area contributed by atoms with Crippen molar-refractivity contribution in [2.45, 2.75) is 13.5 Å². The average molecular weight is 296 g/mol. The summed E-state index contributed by atoms with van der Waals surface area (Å²) in [5, 5.41) is 9.07. The molecule has 1 N–H and O–H groups in total. The van der Waals surface area contributed by atoms with E-state index in [0.717, 1.165) is 5.56 Å². The van der Waals surface area contributed by atoms with Gasteiger partial charge in [0.15, 0.2) is 5.78 Å². The number of carboxylic acids is 1. The molecule has 0 unspecified atom stereocenters. The molecule has 0 atom stereocenters. The molecule has 0 aliphatic heterocycles. The highest BCUT2D eigenvalue weighted by Crippen LogP contribution is 2.22. The zero-order valence-corrected chi connectivity index (χ0v) is 12.2. The van der Waals surface area contributed by atoms with E-state index >= 15 is 0 Å². The number of ether oxygens (including phenoxy) is 1. The monoisotopic (exact) mass is 296 g/mol. The number of Topliss-reactive ketones (excluding diaryl/α,β-unsaturated/α-hetero) is 1. The Morgan fingerprint density at radius 3 is 2.32 bits per heavy atom. The van der Waals surface area contributed by atoms with Crippen molar-refractivity contribution in [1.82, 2.24) is 0 Å². The molecule has 0 radical (unpaired) electrons. The fourth-order valence-electron chi connectivity index (χ4n) is 1.94. The van der Waals surface area contributed by atoms with Crippen LogP contribution in [0.5, 0.6) is 5.75 Å². The summed E-state index contributed by atoms with van der Waals surface area (Å²) in [6, 6.07) is 16.7. The molecule has 0 bridgehead atoms. The van der Waals surface area contributed by atoms with Crippen molar-refractivity contribution in [3.05, 3.63) is 71.3 Å². The summed E-state index contributed by atoms with van der Waals surface area (Å²) in [5.74, 6) is -1.21. The van der Waals surface area contributed by atoms with E-state index in [1.54, 1.807) is 24.3 Å². The fraction of sp³-hybridized carbons (Fsp3) is 0.111. The van der Waals surface area contributed by atoms with Crippen molar-refractivity contribution in [2.24, 2.45) is 0 Å². The number of para-hydroxylation sites is 1. The van der Waals surface area contributed by atoms with Crippen LogP contribution in [0, 0.1) is 0 Å². The van der Waals surface area contributed by atoms with E-state index in [-0.39, 0.29) is 5.57 Å². The lowest BCUT2D eigenvalue weighted by Gasteiger charge is -2.09. The maximum absolute atomic E-state index is 11.4. The number of aliphatic carboxylic acids is 1. The molecule has 0 saturated heterocycles. The molecule has 0 fully saturated rings. The zero-order valence-electron chi connectivity index (χ0n) is 12.2. The van der Waals surface area contributed by atoms with Gasteiger partial charge in [0.1, 0.15) is 17.9 Å². The van der Waals surface area contributed by atoms with Crippen molar-refractivity contribution < 1.29 is 19.4 Å². The Balaban J connectivity index is 2.25. The molecule has 4 nitrogen and oxygen atoms in total. The third kappa shape index (κ3) is 4.06. The Bertz CT molecular complexity index is 686. The van der Waals surface area contributed by atoms with E-state index in [9.17, 15) is 9.59 Å². The molecule has 2 rings (SSSR count). The molecule has 112 valence electrons. The van der Waals surface area contributed by atoms with Gasteiger partial charge in [0.05, 0.1) is 0 Å². The molecule has 22 heavy (non-hydrogen) atoms. The summed E-state index contributed by atoms with van der Waals surface area (Å²) in [5.41, 5.74) is 1.30. The first-order valence-electron chi connectivity index (χ1n) is 6.79. The number of hydrogen-bond acceptors (Lipinski definition) is 3. The number of carbonyl (C=O) groups excluding carboxylic acids is 1. The zero-order chi connectivity index (χ0) is 15.9. The molecule has 0 aliphatic rings. The van der Waals surface area contributed by atoms with Crippen LogP contribution in [-0.4, -0.2) is 16.9 Å². The van der Waals surface area contributed by atoms with Crippen molar-refractivity contribution >= 4 is 17.8 Å². The summed E-state index contributed by atoms with van der Waals surface area (Å²) in [4.78, 5) is 22.5. The molecule has 0 heterocycles. The first kappa shape index (κ1) is 15.5. The predicted octanol–water partition coefficient (Wildman–Crippen LogP) is 3.32. The van der Waals surface area contributed by atoms with Crippen LogP contribution in [0.15, 0.2) is 60.2 Å². The average Bonchev–Trinajstić information content (AvgIpc) is 2.52. The van der Waals surface area contributed by atoms with Crippen LogP contribution in [0.25, 0.3) is 6.08 Å². The highest BCUT2D eigenvalue weighted by atomic mass is 16.5. The summed E-state index contributed by atoms with van der Waals surface area (Å²) in [6.45, 7) is 1.60. The predicted molar refractivity (Wildman–Crippen MR) is 83.5 cm³/mol. The van der Waals surface area contributed by atoms with Crippen LogP contribution in [0.2, 0.25) is 0 Å². The summed E-state index contributed by atoms with van der Waals surface area (Å²) >= 11 is 0. The van der Waals surface area contributed by atoms with Gasteiger partial charge in [-0.1, -0.05) is 48.5 Å². The third-order valence-corrected chi connectivity index (χ3v) is 3.07. The molecule has 2 aromatic carbocycles. The molecular formula is C18H16O4. The Morgan fingerprint density at radius 1 is 1.05 bits per heavy atom. The normalized spacial score (nSPS) is 11.0. The molecule has 4 heteroatoms. The molecule has 2 aromatic rings. The minimum absolute atomic E-state index is 0.268. The summed E-state index contributed by atoms with van der Waals surface area (Å²) in [6.07, 6.45) is 1.34. The second kappa shape index (κ2) is 7.22. The first-order chi connectivity index (χ1) is 10.6. The Morgan fingerprint density at radius 2 is 1.68 bits per heavy atom. The molecular weight excluding hydrogens is 280 g/mol. The number of rotatable bonds is 6. The second-order valence-electron chi connectivity index (χ2n) is 4.73. The van der Waals surface area contributed by atoms with Crippen molar-refractivity contribution in [1.29, 1.82) is 0 Å². The third-order valence-electron chi connectivity index (χ3n) is 3.07. The van der Waals surface area contributed by atoms with E-state index < -0.39 is 11.8 Å². The van der Waals surface area contributed by atoms with Crippen molar-refractivity contribution in [2.75, 3.05) is 0 Å². The Hall–Kier alpha value is -2.88. The highest BCUT2D eigenvalue weighted by Gasteiger charge is 2.14. The van der Waals surface area contributed by atoms with Gasteiger partial charge in [-0.2, -0.15) is 0 Å². The molecule has 0 saturated carbocycles. The number of carboxylic acid groups (broad SMARTS) is 1. The topological polar surface area (TPSA) is 63.6 Å². The number of benzene rings is 2. The van der Waals surface area contributed by atoms with Gasteiger partial charge in [-0.3, -0.25) is 4.79 Å². The van der Waals surface area contributed by atoms with Crippen LogP contribution in [0.4, 0.5) is 0 Å². The number of hydrogen-bond donors (Lipinski definition) is 1. The van der Waals surface area contributed by atoms with Gasteiger partial charge in [0.2, 0.25) is 0 Å². The highest BCUT2D eigenvalue weighted by molar-refractivity contribution is 6.19. The Labute approximate surface area is 128 Å². The van der Waals surface area contributed by atoms with Gasteiger partial charge in [0, 0.05) is 5.56 Å². The lowest BCUT2D eigenvalue weighted by molar-refractivity contribution is -0.134. The van der Waals surface area contributed by atoms with Gasteiger partial charge in [-0.25, -0.2) is 4.79 Å². The molecule has 0 aliphatic carbocycles. The Kier molecular flexibility index (Phi) is 5.09. The lowest BCUT2D eigenvalue weighted by Crippen LogP contribution is -2.08. The van der Waals surface area contributed by atoms with E-state index in [4.69, 9.17) is 9.84 Å². The summed E-state index contributed by atoms with van der Waals surface area (Å²) in [7, 11) is 0. The number of ketones is 1. The van der Waals surface area contributed by atoms with E-state index in [0.29, 0.717) is 17.9 Å². The quantitative estimate of drug-likeness (QED) is 0.504.